The molecule has 0 saturated carbocycles. The highest BCUT2D eigenvalue weighted by atomic mass is 35.5. The van der Waals surface area contributed by atoms with Crippen LogP contribution in [0.4, 0.5) is 0 Å². The number of benzene rings is 1. The molecule has 0 spiro atoms. The fourth-order valence-electron chi connectivity index (χ4n) is 2.20. The second-order valence-corrected chi connectivity index (χ2v) is 6.65. The number of amides is 1. The first-order valence-corrected chi connectivity index (χ1v) is 8.24. The SMILES string of the molecule is CNC(C)CNC(=O)c1sc(-c2ccc(C)cc2C)nc1C.Cl. The third-order valence-corrected chi connectivity index (χ3v) is 4.87. The molecule has 0 bridgehead atoms. The molecule has 0 fully saturated rings. The van der Waals surface area contributed by atoms with Gasteiger partial charge in [0, 0.05) is 18.2 Å². The molecule has 4 nitrogen and oxygen atoms in total. The van der Waals surface area contributed by atoms with Crippen LogP contribution >= 0.6 is 23.7 Å². The topological polar surface area (TPSA) is 54.0 Å². The molecule has 0 radical (unpaired) electrons. The maximum absolute atomic E-state index is 12.3. The maximum Gasteiger partial charge on any atom is 0.263 e. The molecule has 1 atom stereocenters. The summed E-state index contributed by atoms with van der Waals surface area (Å²) in [7, 11) is 1.88. The molecule has 2 N–H and O–H groups in total. The number of thiazole rings is 1. The molecule has 1 heterocycles. The summed E-state index contributed by atoms with van der Waals surface area (Å²) in [6.07, 6.45) is 0. The number of hydrogen-bond acceptors (Lipinski definition) is 4. The lowest BCUT2D eigenvalue weighted by atomic mass is 10.1. The number of carbonyl (C=O) groups excluding carboxylic acids is 1. The Hall–Kier alpha value is -1.43. The van der Waals surface area contributed by atoms with E-state index < -0.39 is 0 Å². The fraction of sp³-hybridized carbons (Fsp3) is 0.412. The molecule has 0 saturated heterocycles. The first-order chi connectivity index (χ1) is 10.4. The van der Waals surface area contributed by atoms with Crippen molar-refractivity contribution in [1.29, 1.82) is 0 Å². The summed E-state index contributed by atoms with van der Waals surface area (Å²) in [6.45, 7) is 8.67. The monoisotopic (exact) mass is 353 g/mol. The number of likely N-dealkylation sites (N-methyl/N-ethyl adjacent to an activating group) is 1. The van der Waals surface area contributed by atoms with Gasteiger partial charge in [-0.15, -0.1) is 23.7 Å². The van der Waals surface area contributed by atoms with E-state index in [9.17, 15) is 4.79 Å². The van der Waals surface area contributed by atoms with Crippen LogP contribution in [0.5, 0.6) is 0 Å². The maximum atomic E-state index is 12.3. The Morgan fingerprint density at radius 2 is 2.00 bits per heavy atom. The number of rotatable bonds is 5. The number of aromatic nitrogens is 1. The van der Waals surface area contributed by atoms with Crippen molar-refractivity contribution < 1.29 is 4.79 Å². The standard InChI is InChI=1S/C17H23N3OS.ClH/c1-10-6-7-14(11(2)8-10)17-20-13(4)15(22-17)16(21)19-9-12(3)18-5;/h6-8,12,18H,9H2,1-5H3,(H,19,21);1H. The Morgan fingerprint density at radius 3 is 2.61 bits per heavy atom. The molecule has 126 valence electrons. The molecule has 1 amide bonds. The van der Waals surface area contributed by atoms with E-state index in [2.05, 4.69) is 47.7 Å². The molecule has 1 aromatic carbocycles. The minimum atomic E-state index is -0.0480. The van der Waals surface area contributed by atoms with E-state index in [0.717, 1.165) is 16.3 Å². The quantitative estimate of drug-likeness (QED) is 0.865. The zero-order valence-corrected chi connectivity index (χ0v) is 15.8. The van der Waals surface area contributed by atoms with Gasteiger partial charge in [-0.05, 0) is 40.3 Å². The van der Waals surface area contributed by atoms with E-state index >= 15 is 0 Å². The van der Waals surface area contributed by atoms with Crippen LogP contribution in [0.3, 0.4) is 0 Å². The van der Waals surface area contributed by atoms with Crippen molar-refractivity contribution in [2.45, 2.75) is 33.7 Å². The van der Waals surface area contributed by atoms with Crippen LogP contribution in [0.25, 0.3) is 10.6 Å². The largest absolute Gasteiger partial charge is 0.350 e. The first kappa shape index (κ1) is 19.6. The minimum absolute atomic E-state index is 0. The van der Waals surface area contributed by atoms with Gasteiger partial charge in [-0.25, -0.2) is 4.98 Å². The fourth-order valence-corrected chi connectivity index (χ4v) is 3.28. The molecular formula is C17H24ClN3OS. The van der Waals surface area contributed by atoms with Crippen LogP contribution < -0.4 is 10.6 Å². The molecular weight excluding hydrogens is 330 g/mol. The lowest BCUT2D eigenvalue weighted by molar-refractivity contribution is 0.0954. The molecule has 6 heteroatoms. The Kier molecular flexibility index (Phi) is 7.19. The average molecular weight is 354 g/mol. The van der Waals surface area contributed by atoms with E-state index in [0.29, 0.717) is 11.4 Å². The number of hydrogen-bond donors (Lipinski definition) is 2. The molecule has 1 unspecified atom stereocenters. The van der Waals surface area contributed by atoms with Gasteiger partial charge in [0.2, 0.25) is 0 Å². The van der Waals surface area contributed by atoms with Crippen molar-refractivity contribution in [1.82, 2.24) is 15.6 Å². The van der Waals surface area contributed by atoms with Crippen molar-refractivity contribution in [2.75, 3.05) is 13.6 Å². The second-order valence-electron chi connectivity index (χ2n) is 5.65. The summed E-state index contributed by atoms with van der Waals surface area (Å²) < 4.78 is 0. The smallest absolute Gasteiger partial charge is 0.263 e. The summed E-state index contributed by atoms with van der Waals surface area (Å²) in [5, 5.41) is 6.96. The van der Waals surface area contributed by atoms with Gasteiger partial charge in [-0.2, -0.15) is 0 Å². The predicted octanol–water partition coefficient (Wildman–Crippen LogP) is 3.49. The summed E-state index contributed by atoms with van der Waals surface area (Å²) in [5.41, 5.74) is 4.30. The van der Waals surface area contributed by atoms with Crippen LogP contribution in [0.1, 0.15) is 33.4 Å². The van der Waals surface area contributed by atoms with Gasteiger partial charge in [0.25, 0.3) is 5.91 Å². The van der Waals surface area contributed by atoms with Gasteiger partial charge in [0.15, 0.2) is 0 Å². The third-order valence-electron chi connectivity index (χ3n) is 3.68. The summed E-state index contributed by atoms with van der Waals surface area (Å²) >= 11 is 1.46. The zero-order chi connectivity index (χ0) is 16.3. The molecule has 23 heavy (non-hydrogen) atoms. The first-order valence-electron chi connectivity index (χ1n) is 7.43. The van der Waals surface area contributed by atoms with Gasteiger partial charge in [-0.3, -0.25) is 4.79 Å². The zero-order valence-electron chi connectivity index (χ0n) is 14.2. The minimum Gasteiger partial charge on any atom is -0.350 e. The summed E-state index contributed by atoms with van der Waals surface area (Å²) in [5.74, 6) is -0.0480. The molecule has 1 aromatic heterocycles. The number of nitrogens with one attached hydrogen (secondary N) is 2. The van der Waals surface area contributed by atoms with Crippen molar-refractivity contribution in [3.63, 3.8) is 0 Å². The van der Waals surface area contributed by atoms with Crippen LogP contribution in [-0.2, 0) is 0 Å². The number of halogens is 1. The van der Waals surface area contributed by atoms with E-state index in [-0.39, 0.29) is 24.4 Å². The molecule has 2 aromatic rings. The highest BCUT2D eigenvalue weighted by Crippen LogP contribution is 2.30. The van der Waals surface area contributed by atoms with Crippen molar-refractivity contribution in [2.24, 2.45) is 0 Å². The van der Waals surface area contributed by atoms with Gasteiger partial charge in [-0.1, -0.05) is 23.8 Å². The lowest BCUT2D eigenvalue weighted by Gasteiger charge is -2.10. The normalized spacial score (nSPS) is 11.7. The van der Waals surface area contributed by atoms with Crippen LogP contribution in [0.15, 0.2) is 18.2 Å². The second kappa shape index (κ2) is 8.43. The number of nitrogens with zero attached hydrogens (tertiary/aromatic N) is 1. The van der Waals surface area contributed by atoms with E-state index in [1.54, 1.807) is 0 Å². The summed E-state index contributed by atoms with van der Waals surface area (Å²) in [4.78, 5) is 17.6. The predicted molar refractivity (Wildman–Crippen MR) is 99.9 cm³/mol. The van der Waals surface area contributed by atoms with E-state index in [1.165, 1.54) is 22.5 Å². The number of carbonyl (C=O) groups is 1. The van der Waals surface area contributed by atoms with Crippen molar-refractivity contribution in [3.05, 3.63) is 39.9 Å². The Morgan fingerprint density at radius 1 is 1.30 bits per heavy atom. The van der Waals surface area contributed by atoms with Gasteiger partial charge >= 0.3 is 0 Å². The highest BCUT2D eigenvalue weighted by molar-refractivity contribution is 7.17. The van der Waals surface area contributed by atoms with Crippen molar-refractivity contribution >= 4 is 29.7 Å². The van der Waals surface area contributed by atoms with Crippen LogP contribution in [-0.4, -0.2) is 30.5 Å². The van der Waals surface area contributed by atoms with Gasteiger partial charge < -0.3 is 10.6 Å². The Bertz CT molecular complexity index is 684. The Balaban J connectivity index is 0.00000264. The lowest BCUT2D eigenvalue weighted by Crippen LogP contribution is -2.37. The molecule has 2 rings (SSSR count). The van der Waals surface area contributed by atoms with Crippen LogP contribution in [0.2, 0.25) is 0 Å². The Labute approximate surface area is 148 Å². The molecule has 0 aliphatic rings. The van der Waals surface area contributed by atoms with Crippen molar-refractivity contribution in [3.8, 4) is 10.6 Å². The highest BCUT2D eigenvalue weighted by Gasteiger charge is 2.17. The van der Waals surface area contributed by atoms with Gasteiger partial charge in [0.05, 0.1) is 5.69 Å². The van der Waals surface area contributed by atoms with E-state index in [1.807, 2.05) is 20.9 Å². The third kappa shape index (κ3) is 4.77. The number of aryl methyl sites for hydroxylation is 3. The van der Waals surface area contributed by atoms with Gasteiger partial charge in [0.1, 0.15) is 9.88 Å². The molecule has 0 aliphatic carbocycles. The van der Waals surface area contributed by atoms with E-state index in [4.69, 9.17) is 0 Å². The molecule has 0 aliphatic heterocycles. The van der Waals surface area contributed by atoms with Crippen LogP contribution in [0, 0.1) is 20.8 Å². The summed E-state index contributed by atoms with van der Waals surface area (Å²) in [6, 6.07) is 6.54. The average Bonchev–Trinajstić information content (AvgIpc) is 2.86.